The summed E-state index contributed by atoms with van der Waals surface area (Å²) in [6.45, 7) is 9.11. The number of piperidine rings is 1. The van der Waals surface area contributed by atoms with Gasteiger partial charge in [-0.1, -0.05) is 37.3 Å². The highest BCUT2D eigenvalue weighted by Gasteiger charge is 2.49. The fraction of sp³-hybridized carbons (Fsp3) is 0.889. The van der Waals surface area contributed by atoms with Crippen molar-refractivity contribution in [2.75, 3.05) is 45.9 Å². The van der Waals surface area contributed by atoms with E-state index in [1.807, 2.05) is 11.1 Å². The van der Waals surface area contributed by atoms with Crippen molar-refractivity contribution in [3.63, 3.8) is 0 Å². The average molecular weight is 765 g/mol. The number of piperazine rings is 1. The van der Waals surface area contributed by atoms with Crippen LogP contribution in [0.3, 0.4) is 0 Å². The van der Waals surface area contributed by atoms with Crippen molar-refractivity contribution in [3.05, 3.63) is 11.1 Å². The molecule has 4 atom stereocenters. The molecule has 4 unspecified atom stereocenters. The Labute approximate surface area is 330 Å². The molecule has 3 amide bonds. The number of imide groups is 1. The van der Waals surface area contributed by atoms with E-state index < -0.39 is 6.04 Å². The topological polar surface area (TPSA) is 112 Å². The smallest absolute Gasteiger partial charge is 0.249 e. The maximum atomic E-state index is 13.2. The van der Waals surface area contributed by atoms with Crippen LogP contribution in [0.5, 0.6) is 0 Å². The Morgan fingerprint density at radius 2 is 1.45 bits per heavy atom. The summed E-state index contributed by atoms with van der Waals surface area (Å²) in [6, 6.07) is 0.0326. The van der Waals surface area contributed by atoms with Crippen LogP contribution >= 0.6 is 0 Å². The molecule has 0 aromatic carbocycles. The molecule has 3 heterocycles. The second-order valence-corrected chi connectivity index (χ2v) is 19.0. The van der Waals surface area contributed by atoms with Gasteiger partial charge in [-0.05, 0) is 133 Å². The molecule has 3 saturated heterocycles. The van der Waals surface area contributed by atoms with Crippen LogP contribution in [-0.4, -0.2) is 120 Å². The van der Waals surface area contributed by atoms with E-state index in [-0.39, 0.29) is 29.7 Å². The van der Waals surface area contributed by atoms with Gasteiger partial charge < -0.3 is 19.5 Å². The van der Waals surface area contributed by atoms with Gasteiger partial charge in [-0.2, -0.15) is 0 Å². The number of ether oxygens (including phenoxy) is 2. The number of amides is 3. The lowest BCUT2D eigenvalue weighted by Crippen LogP contribution is -2.53. The summed E-state index contributed by atoms with van der Waals surface area (Å²) in [5.74, 6) is 2.18. The summed E-state index contributed by atoms with van der Waals surface area (Å²) in [7, 11) is 0. The monoisotopic (exact) mass is 765 g/mol. The van der Waals surface area contributed by atoms with Crippen molar-refractivity contribution in [1.29, 1.82) is 0 Å². The minimum Gasteiger partial charge on any atom is -0.393 e. The van der Waals surface area contributed by atoms with Crippen molar-refractivity contribution in [2.45, 2.75) is 178 Å². The van der Waals surface area contributed by atoms with Crippen molar-refractivity contribution in [2.24, 2.45) is 29.6 Å². The first-order valence-electron chi connectivity index (χ1n) is 23.1. The summed E-state index contributed by atoms with van der Waals surface area (Å²) >= 11 is 0. The number of nitrogens with one attached hydrogen (secondary N) is 1. The van der Waals surface area contributed by atoms with E-state index in [0.29, 0.717) is 55.6 Å². The highest BCUT2D eigenvalue weighted by Crippen LogP contribution is 2.46. The zero-order valence-corrected chi connectivity index (χ0v) is 34.0. The maximum Gasteiger partial charge on any atom is 0.249 e. The van der Waals surface area contributed by atoms with E-state index in [1.165, 1.54) is 77.0 Å². The van der Waals surface area contributed by atoms with Gasteiger partial charge in [0.2, 0.25) is 17.7 Å². The number of rotatable bonds is 12. The van der Waals surface area contributed by atoms with Crippen molar-refractivity contribution in [1.82, 2.24) is 20.0 Å². The van der Waals surface area contributed by atoms with Crippen LogP contribution in [0.4, 0.5) is 0 Å². The Bertz CT molecular complexity index is 1350. The Balaban J connectivity index is 0.714. The highest BCUT2D eigenvalue weighted by molar-refractivity contribution is 6.02. The standard InChI is InChI=1S/C45H72N4O6/c1-2-39(30-6-4-3-5-7-30)43(31-8-13-35(50)14-9-31)32-10-15-36(16-11-32)55-38-27-37(28-38)54-25-24-47-20-22-48(23-21-47)34-12-17-40-33(26-34)29-49(45(40)53)41-18-19-42(51)46-44(41)52/h30-38,40-41,50H,2-29H2,1H3,(H,46,51,52)/b43-39-. The first kappa shape index (κ1) is 40.0. The minimum absolute atomic E-state index is 0.0373. The summed E-state index contributed by atoms with van der Waals surface area (Å²) in [6.07, 6.45) is 24.4. The van der Waals surface area contributed by atoms with Crippen LogP contribution in [-0.2, 0) is 23.9 Å². The van der Waals surface area contributed by atoms with Crippen LogP contribution in [0.1, 0.15) is 142 Å². The van der Waals surface area contributed by atoms with Crippen LogP contribution in [0, 0.1) is 29.6 Å². The molecule has 0 bridgehead atoms. The first-order chi connectivity index (χ1) is 26.8. The van der Waals surface area contributed by atoms with Crippen LogP contribution in [0.25, 0.3) is 0 Å². The Hall–Kier alpha value is -1.85. The third-order valence-corrected chi connectivity index (χ3v) is 15.8. The first-order valence-corrected chi connectivity index (χ1v) is 23.1. The average Bonchev–Trinajstić information content (AvgIpc) is 3.52. The molecule has 8 rings (SSSR count). The number of aliphatic hydroxyl groups excluding tert-OH is 1. The molecule has 0 aromatic rings. The van der Waals surface area contributed by atoms with Gasteiger partial charge in [-0.15, -0.1) is 0 Å². The molecule has 0 spiro atoms. The quantitative estimate of drug-likeness (QED) is 0.184. The maximum absolute atomic E-state index is 13.2. The SMILES string of the molecule is CC/C(=C(\C1CCC(O)CC1)C1CCC(OC2CC(OCCN3CCN(C4CCC5C(=O)N(C6CCC(=O)NC6=O)CC5C4)CC3)C2)CC1)C1CCCCC1. The number of carbonyl (C=O) groups is 3. The third-order valence-electron chi connectivity index (χ3n) is 15.8. The molecule has 0 aromatic heterocycles. The Kier molecular flexibility index (Phi) is 13.4. The molecule has 8 aliphatic rings. The normalized spacial score (nSPS) is 39.0. The second-order valence-electron chi connectivity index (χ2n) is 19.0. The number of fused-ring (bicyclic) bond motifs is 1. The lowest BCUT2D eigenvalue weighted by molar-refractivity contribution is -0.144. The van der Waals surface area contributed by atoms with Crippen LogP contribution in [0.15, 0.2) is 11.1 Å². The third kappa shape index (κ3) is 9.40. The van der Waals surface area contributed by atoms with Gasteiger partial charge >= 0.3 is 0 Å². The van der Waals surface area contributed by atoms with E-state index in [1.54, 1.807) is 4.90 Å². The van der Waals surface area contributed by atoms with E-state index in [0.717, 1.165) is 96.1 Å². The van der Waals surface area contributed by atoms with Gasteiger partial charge in [0.05, 0.1) is 31.0 Å². The molecule has 5 saturated carbocycles. The molecule has 0 radical (unpaired) electrons. The fourth-order valence-electron chi connectivity index (χ4n) is 12.6. The van der Waals surface area contributed by atoms with Gasteiger partial charge in [-0.3, -0.25) is 29.5 Å². The van der Waals surface area contributed by atoms with Crippen LogP contribution < -0.4 is 5.32 Å². The number of hydrogen-bond donors (Lipinski definition) is 2. The van der Waals surface area contributed by atoms with Gasteiger partial charge in [0.1, 0.15) is 6.04 Å². The summed E-state index contributed by atoms with van der Waals surface area (Å²) in [5.41, 5.74) is 3.69. The van der Waals surface area contributed by atoms with E-state index in [9.17, 15) is 19.5 Å². The van der Waals surface area contributed by atoms with Crippen molar-refractivity contribution in [3.8, 4) is 0 Å². The molecule has 5 aliphatic carbocycles. The van der Waals surface area contributed by atoms with Gasteiger partial charge in [0.25, 0.3) is 0 Å². The zero-order valence-electron chi connectivity index (χ0n) is 34.0. The van der Waals surface area contributed by atoms with E-state index >= 15 is 0 Å². The molecule has 8 fully saturated rings. The number of hydrogen-bond acceptors (Lipinski definition) is 8. The molecule has 10 nitrogen and oxygen atoms in total. The summed E-state index contributed by atoms with van der Waals surface area (Å²) in [5, 5.41) is 12.7. The number of carbonyl (C=O) groups excluding carboxylic acids is 3. The van der Waals surface area contributed by atoms with Crippen molar-refractivity contribution < 1.29 is 29.0 Å². The zero-order chi connectivity index (χ0) is 37.9. The second kappa shape index (κ2) is 18.4. The molecule has 55 heavy (non-hydrogen) atoms. The Morgan fingerprint density at radius 3 is 2.15 bits per heavy atom. The fourth-order valence-corrected chi connectivity index (χ4v) is 12.6. The van der Waals surface area contributed by atoms with E-state index in [2.05, 4.69) is 22.0 Å². The number of nitrogens with zero attached hydrogens (tertiary/aromatic N) is 3. The largest absolute Gasteiger partial charge is 0.393 e. The van der Waals surface area contributed by atoms with Gasteiger partial charge in [-0.25, -0.2) is 0 Å². The molecule has 2 N–H and O–H groups in total. The lowest BCUT2D eigenvalue weighted by Gasteiger charge is -2.43. The van der Waals surface area contributed by atoms with Gasteiger partial charge in [0, 0.05) is 57.6 Å². The predicted octanol–water partition coefficient (Wildman–Crippen LogP) is 6.00. The van der Waals surface area contributed by atoms with E-state index in [4.69, 9.17) is 9.47 Å². The highest BCUT2D eigenvalue weighted by atomic mass is 16.5. The number of aliphatic hydroxyl groups is 1. The lowest BCUT2D eigenvalue weighted by atomic mass is 9.67. The van der Waals surface area contributed by atoms with Crippen LogP contribution in [0.2, 0.25) is 0 Å². The number of allylic oxidation sites excluding steroid dienone is 2. The molecule has 308 valence electrons. The summed E-state index contributed by atoms with van der Waals surface area (Å²) < 4.78 is 13.0. The van der Waals surface area contributed by atoms with Gasteiger partial charge in [0.15, 0.2) is 0 Å². The number of likely N-dealkylation sites (tertiary alicyclic amines) is 1. The summed E-state index contributed by atoms with van der Waals surface area (Å²) in [4.78, 5) is 44.3. The van der Waals surface area contributed by atoms with Crippen molar-refractivity contribution >= 4 is 17.7 Å². The molecular formula is C45H72N4O6. The minimum atomic E-state index is -0.478. The molecular weight excluding hydrogens is 693 g/mol. The molecule has 10 heteroatoms. The Morgan fingerprint density at radius 1 is 0.745 bits per heavy atom. The predicted molar refractivity (Wildman–Crippen MR) is 212 cm³/mol. The molecule has 3 aliphatic heterocycles.